The SMILES string of the molecule is COc1ccc(N2C(=S)N[C@@H](c3ccccn3)[C@H]2c2cccn2-c2ccccn2)cc1. The fourth-order valence-corrected chi connectivity index (χ4v) is 4.36. The number of thiocarbonyl (C=S) groups is 1. The second kappa shape index (κ2) is 8.20. The first-order valence-corrected chi connectivity index (χ1v) is 10.4. The highest BCUT2D eigenvalue weighted by molar-refractivity contribution is 7.80. The molecule has 4 heterocycles. The molecule has 0 amide bonds. The van der Waals surface area contributed by atoms with E-state index in [1.165, 1.54) is 0 Å². The molecule has 0 unspecified atom stereocenters. The molecule has 31 heavy (non-hydrogen) atoms. The molecule has 0 radical (unpaired) electrons. The van der Waals surface area contributed by atoms with Gasteiger partial charge in [-0.25, -0.2) is 4.98 Å². The highest BCUT2D eigenvalue weighted by Crippen LogP contribution is 2.42. The van der Waals surface area contributed by atoms with Gasteiger partial charge in [-0.3, -0.25) is 4.98 Å². The molecule has 0 saturated carbocycles. The van der Waals surface area contributed by atoms with E-state index in [9.17, 15) is 0 Å². The highest BCUT2D eigenvalue weighted by atomic mass is 32.1. The van der Waals surface area contributed by atoms with Crippen LogP contribution in [-0.2, 0) is 0 Å². The molecule has 1 saturated heterocycles. The van der Waals surface area contributed by atoms with Crippen molar-refractivity contribution in [2.24, 2.45) is 0 Å². The zero-order valence-corrected chi connectivity index (χ0v) is 17.7. The standard InChI is InChI=1S/C24H21N5OS/c1-30-18-12-10-17(11-13-18)29-23(22(27-24(29)31)19-7-2-4-14-25-19)20-8-6-16-28(20)21-9-3-5-15-26-21/h2-16,22-23H,1H3,(H,27,31)/t22-,23+/m0/s1. The van der Waals surface area contributed by atoms with Gasteiger partial charge < -0.3 is 19.5 Å². The van der Waals surface area contributed by atoms with Gasteiger partial charge in [0.2, 0.25) is 0 Å². The van der Waals surface area contributed by atoms with Crippen molar-refractivity contribution in [3.8, 4) is 11.6 Å². The number of nitrogens with one attached hydrogen (secondary N) is 1. The Balaban J connectivity index is 1.65. The molecule has 1 N–H and O–H groups in total. The summed E-state index contributed by atoms with van der Waals surface area (Å²) in [6.07, 6.45) is 5.64. The minimum atomic E-state index is -0.118. The van der Waals surface area contributed by atoms with E-state index < -0.39 is 0 Å². The summed E-state index contributed by atoms with van der Waals surface area (Å²) in [6.45, 7) is 0. The second-order valence-corrected chi connectivity index (χ2v) is 7.57. The molecule has 0 spiro atoms. The third kappa shape index (κ3) is 3.53. The second-order valence-electron chi connectivity index (χ2n) is 7.19. The Hall–Kier alpha value is -3.71. The molecule has 0 aliphatic carbocycles. The third-order valence-electron chi connectivity index (χ3n) is 5.43. The minimum absolute atomic E-state index is 0.117. The van der Waals surface area contributed by atoms with Crippen LogP contribution >= 0.6 is 12.2 Å². The Morgan fingerprint density at radius 1 is 0.903 bits per heavy atom. The maximum Gasteiger partial charge on any atom is 0.174 e. The average Bonchev–Trinajstić information content (AvgIpc) is 3.44. The van der Waals surface area contributed by atoms with Gasteiger partial charge in [0.1, 0.15) is 17.6 Å². The van der Waals surface area contributed by atoms with Crippen LogP contribution in [0, 0.1) is 0 Å². The lowest BCUT2D eigenvalue weighted by Crippen LogP contribution is -2.30. The van der Waals surface area contributed by atoms with Gasteiger partial charge in [0.05, 0.1) is 18.8 Å². The van der Waals surface area contributed by atoms with Gasteiger partial charge in [-0.05, 0) is 72.9 Å². The first-order chi connectivity index (χ1) is 15.3. The summed E-state index contributed by atoms with van der Waals surface area (Å²) in [7, 11) is 1.66. The van der Waals surface area contributed by atoms with Crippen molar-refractivity contribution in [1.29, 1.82) is 0 Å². The Labute approximate surface area is 186 Å². The zero-order valence-electron chi connectivity index (χ0n) is 16.9. The number of hydrogen-bond acceptors (Lipinski definition) is 4. The van der Waals surface area contributed by atoms with Gasteiger partial charge in [-0.2, -0.15) is 0 Å². The van der Waals surface area contributed by atoms with Crippen molar-refractivity contribution in [2.45, 2.75) is 12.1 Å². The number of nitrogens with zero attached hydrogens (tertiary/aromatic N) is 4. The molecule has 1 aliphatic heterocycles. The number of ether oxygens (including phenoxy) is 1. The van der Waals surface area contributed by atoms with E-state index in [0.717, 1.165) is 28.6 Å². The van der Waals surface area contributed by atoms with Gasteiger partial charge in [0.15, 0.2) is 5.11 Å². The Bertz CT molecular complexity index is 1180. The monoisotopic (exact) mass is 427 g/mol. The molecular formula is C24H21N5OS. The predicted molar refractivity (Wildman–Crippen MR) is 124 cm³/mol. The fraction of sp³-hybridized carbons (Fsp3) is 0.125. The van der Waals surface area contributed by atoms with Crippen molar-refractivity contribution in [1.82, 2.24) is 19.9 Å². The lowest BCUT2D eigenvalue weighted by molar-refractivity contribution is 0.415. The molecule has 3 aromatic heterocycles. The molecule has 4 aromatic rings. The summed E-state index contributed by atoms with van der Waals surface area (Å²) in [5.41, 5.74) is 2.98. The molecule has 0 bridgehead atoms. The van der Waals surface area contributed by atoms with Crippen LogP contribution in [0.15, 0.2) is 91.4 Å². The van der Waals surface area contributed by atoms with Gasteiger partial charge in [-0.1, -0.05) is 12.1 Å². The number of pyridine rings is 2. The molecule has 1 aliphatic rings. The lowest BCUT2D eigenvalue weighted by Gasteiger charge is -2.28. The van der Waals surface area contributed by atoms with Crippen LogP contribution in [0.4, 0.5) is 5.69 Å². The average molecular weight is 428 g/mol. The van der Waals surface area contributed by atoms with E-state index >= 15 is 0 Å². The molecule has 5 rings (SSSR count). The van der Waals surface area contributed by atoms with E-state index in [4.69, 9.17) is 17.0 Å². The number of hydrogen-bond donors (Lipinski definition) is 1. The first kappa shape index (κ1) is 19.3. The maximum atomic E-state index is 5.80. The molecule has 2 atom stereocenters. The van der Waals surface area contributed by atoms with Gasteiger partial charge in [0.25, 0.3) is 0 Å². The summed E-state index contributed by atoms with van der Waals surface area (Å²) >= 11 is 5.80. The van der Waals surface area contributed by atoms with Crippen LogP contribution in [0.1, 0.15) is 23.5 Å². The summed E-state index contributed by atoms with van der Waals surface area (Å²) in [6, 6.07) is 23.7. The molecule has 154 valence electrons. The van der Waals surface area contributed by atoms with E-state index in [1.54, 1.807) is 13.3 Å². The van der Waals surface area contributed by atoms with Crippen LogP contribution in [-0.4, -0.2) is 26.8 Å². The summed E-state index contributed by atoms with van der Waals surface area (Å²) in [5.74, 6) is 1.66. The number of benzene rings is 1. The number of aromatic nitrogens is 3. The lowest BCUT2D eigenvalue weighted by atomic mass is 10.0. The number of anilines is 1. The first-order valence-electron chi connectivity index (χ1n) is 9.99. The van der Waals surface area contributed by atoms with Crippen LogP contribution < -0.4 is 15.0 Å². The van der Waals surface area contributed by atoms with Crippen LogP contribution in [0.2, 0.25) is 0 Å². The van der Waals surface area contributed by atoms with E-state index in [-0.39, 0.29) is 12.1 Å². The van der Waals surface area contributed by atoms with Crippen LogP contribution in [0.3, 0.4) is 0 Å². The molecule has 6 nitrogen and oxygen atoms in total. The largest absolute Gasteiger partial charge is 0.497 e. The smallest absolute Gasteiger partial charge is 0.174 e. The topological polar surface area (TPSA) is 55.2 Å². The number of rotatable bonds is 5. The minimum Gasteiger partial charge on any atom is -0.497 e. The summed E-state index contributed by atoms with van der Waals surface area (Å²) in [5, 5.41) is 4.15. The van der Waals surface area contributed by atoms with E-state index in [2.05, 4.69) is 30.8 Å². The Morgan fingerprint density at radius 2 is 1.68 bits per heavy atom. The fourth-order valence-electron chi connectivity index (χ4n) is 4.02. The van der Waals surface area contributed by atoms with Crippen molar-refractivity contribution < 1.29 is 4.74 Å². The van der Waals surface area contributed by atoms with Gasteiger partial charge in [0, 0.05) is 30.0 Å². The van der Waals surface area contributed by atoms with Crippen LogP contribution in [0.25, 0.3) is 5.82 Å². The predicted octanol–water partition coefficient (Wildman–Crippen LogP) is 4.45. The Kier molecular flexibility index (Phi) is 5.09. The molecule has 7 heteroatoms. The summed E-state index contributed by atoms with van der Waals surface area (Å²) in [4.78, 5) is 11.3. The molecular weight excluding hydrogens is 406 g/mol. The van der Waals surface area contributed by atoms with Crippen molar-refractivity contribution >= 4 is 23.0 Å². The molecule has 1 fully saturated rings. The Morgan fingerprint density at radius 3 is 2.35 bits per heavy atom. The zero-order chi connectivity index (χ0) is 21.2. The van der Waals surface area contributed by atoms with Crippen molar-refractivity contribution in [3.05, 3.63) is 103 Å². The highest BCUT2D eigenvalue weighted by Gasteiger charge is 2.42. The maximum absolute atomic E-state index is 5.80. The number of methoxy groups -OCH3 is 1. The van der Waals surface area contributed by atoms with E-state index in [1.807, 2.05) is 79.1 Å². The van der Waals surface area contributed by atoms with Gasteiger partial charge in [-0.15, -0.1) is 0 Å². The van der Waals surface area contributed by atoms with Crippen molar-refractivity contribution in [2.75, 3.05) is 12.0 Å². The van der Waals surface area contributed by atoms with Crippen molar-refractivity contribution in [3.63, 3.8) is 0 Å². The molecule has 1 aromatic carbocycles. The van der Waals surface area contributed by atoms with Crippen LogP contribution in [0.5, 0.6) is 5.75 Å². The quantitative estimate of drug-likeness (QED) is 0.475. The van der Waals surface area contributed by atoms with Gasteiger partial charge >= 0.3 is 0 Å². The normalized spacial score (nSPS) is 18.1. The third-order valence-corrected chi connectivity index (χ3v) is 5.74. The van der Waals surface area contributed by atoms with E-state index in [0.29, 0.717) is 5.11 Å². The summed E-state index contributed by atoms with van der Waals surface area (Å²) < 4.78 is 7.44.